The second-order valence-electron chi connectivity index (χ2n) is 4.29. The highest BCUT2D eigenvalue weighted by Crippen LogP contribution is 2.32. The van der Waals surface area contributed by atoms with E-state index in [1.165, 1.54) is 22.7 Å². The van der Waals surface area contributed by atoms with Gasteiger partial charge in [-0.2, -0.15) is 0 Å². The number of carbonyl (C=O) groups excluding carboxylic acids is 1. The molecular formula is C11H11Br2N3OS2. The Kier molecular flexibility index (Phi) is 5.10. The molecule has 1 N–H and O–H groups in total. The quantitative estimate of drug-likeness (QED) is 0.781. The molecule has 0 unspecified atom stereocenters. The fourth-order valence-electron chi connectivity index (χ4n) is 1.35. The molecule has 102 valence electrons. The second kappa shape index (κ2) is 6.43. The summed E-state index contributed by atoms with van der Waals surface area (Å²) in [6.07, 6.45) is 0.879. The minimum atomic E-state index is -0.163. The molecule has 0 fully saturated rings. The average molecular weight is 425 g/mol. The molecular weight excluding hydrogens is 414 g/mol. The van der Waals surface area contributed by atoms with Crippen molar-refractivity contribution in [2.75, 3.05) is 5.32 Å². The molecule has 2 heterocycles. The maximum Gasteiger partial charge on any atom is 0.267 e. The summed E-state index contributed by atoms with van der Waals surface area (Å²) in [5, 5.41) is 12.3. The van der Waals surface area contributed by atoms with Crippen LogP contribution in [0.15, 0.2) is 14.3 Å². The van der Waals surface area contributed by atoms with Gasteiger partial charge in [-0.3, -0.25) is 10.1 Å². The first-order valence-corrected chi connectivity index (χ1v) is 8.76. The van der Waals surface area contributed by atoms with E-state index in [1.807, 2.05) is 0 Å². The molecule has 0 spiro atoms. The Morgan fingerprint density at radius 2 is 2.11 bits per heavy atom. The van der Waals surface area contributed by atoms with Gasteiger partial charge in [0.15, 0.2) is 0 Å². The molecule has 19 heavy (non-hydrogen) atoms. The number of nitrogens with one attached hydrogen (secondary N) is 1. The highest BCUT2D eigenvalue weighted by molar-refractivity contribution is 9.13. The zero-order chi connectivity index (χ0) is 14.0. The molecule has 4 nitrogen and oxygen atoms in total. The monoisotopic (exact) mass is 423 g/mol. The predicted molar refractivity (Wildman–Crippen MR) is 86.1 cm³/mol. The van der Waals surface area contributed by atoms with E-state index in [-0.39, 0.29) is 5.91 Å². The summed E-state index contributed by atoms with van der Waals surface area (Å²) in [4.78, 5) is 12.6. The lowest BCUT2D eigenvalue weighted by Gasteiger charge is -1.98. The number of aromatic nitrogens is 2. The van der Waals surface area contributed by atoms with Gasteiger partial charge in [-0.05, 0) is 43.8 Å². The van der Waals surface area contributed by atoms with E-state index < -0.39 is 0 Å². The SMILES string of the molecule is CC(C)Cc1nnc(NC(=O)c2cc(Br)c(Br)s2)s1. The zero-order valence-electron chi connectivity index (χ0n) is 10.2. The summed E-state index contributed by atoms with van der Waals surface area (Å²) in [6, 6.07) is 1.78. The van der Waals surface area contributed by atoms with E-state index in [0.29, 0.717) is 15.9 Å². The van der Waals surface area contributed by atoms with Gasteiger partial charge in [-0.15, -0.1) is 21.5 Å². The van der Waals surface area contributed by atoms with Crippen LogP contribution in [0.25, 0.3) is 0 Å². The number of halogens is 2. The van der Waals surface area contributed by atoms with Gasteiger partial charge in [0.25, 0.3) is 5.91 Å². The number of anilines is 1. The van der Waals surface area contributed by atoms with Crippen LogP contribution in [0, 0.1) is 5.92 Å². The van der Waals surface area contributed by atoms with E-state index in [0.717, 1.165) is 19.7 Å². The number of nitrogens with zero attached hydrogens (tertiary/aromatic N) is 2. The van der Waals surface area contributed by atoms with Gasteiger partial charge < -0.3 is 0 Å². The fraction of sp³-hybridized carbons (Fsp3) is 0.364. The third kappa shape index (κ3) is 4.08. The highest BCUT2D eigenvalue weighted by atomic mass is 79.9. The van der Waals surface area contributed by atoms with Gasteiger partial charge in [0.1, 0.15) is 5.01 Å². The lowest BCUT2D eigenvalue weighted by atomic mass is 10.1. The van der Waals surface area contributed by atoms with Gasteiger partial charge in [0.05, 0.1) is 8.66 Å². The summed E-state index contributed by atoms with van der Waals surface area (Å²) in [6.45, 7) is 4.25. The number of carbonyl (C=O) groups is 1. The minimum absolute atomic E-state index is 0.163. The van der Waals surface area contributed by atoms with Crippen LogP contribution in [-0.2, 0) is 6.42 Å². The van der Waals surface area contributed by atoms with Crippen molar-refractivity contribution < 1.29 is 4.79 Å². The largest absolute Gasteiger partial charge is 0.296 e. The minimum Gasteiger partial charge on any atom is -0.296 e. The van der Waals surface area contributed by atoms with Crippen LogP contribution < -0.4 is 5.32 Å². The zero-order valence-corrected chi connectivity index (χ0v) is 15.0. The van der Waals surface area contributed by atoms with E-state index in [4.69, 9.17) is 0 Å². The Morgan fingerprint density at radius 1 is 1.37 bits per heavy atom. The first-order chi connectivity index (χ1) is 8.95. The maximum atomic E-state index is 12.0. The average Bonchev–Trinajstić information content (AvgIpc) is 2.86. The molecule has 0 atom stereocenters. The van der Waals surface area contributed by atoms with E-state index in [2.05, 4.69) is 61.2 Å². The number of rotatable bonds is 4. The summed E-state index contributed by atoms with van der Waals surface area (Å²) < 4.78 is 1.77. The number of hydrogen-bond acceptors (Lipinski definition) is 5. The van der Waals surface area contributed by atoms with Gasteiger partial charge in [-0.25, -0.2) is 0 Å². The van der Waals surface area contributed by atoms with Crippen LogP contribution in [0.1, 0.15) is 28.5 Å². The molecule has 0 aliphatic carbocycles. The van der Waals surface area contributed by atoms with Crippen molar-refractivity contribution in [3.63, 3.8) is 0 Å². The summed E-state index contributed by atoms with van der Waals surface area (Å²) >= 11 is 9.52. The van der Waals surface area contributed by atoms with Crippen molar-refractivity contribution in [1.82, 2.24) is 10.2 Å². The molecule has 0 saturated heterocycles. The van der Waals surface area contributed by atoms with E-state index in [1.54, 1.807) is 6.07 Å². The van der Waals surface area contributed by atoms with Crippen molar-refractivity contribution in [1.29, 1.82) is 0 Å². The Labute approximate surface area is 135 Å². The molecule has 0 aliphatic rings. The van der Waals surface area contributed by atoms with Gasteiger partial charge in [0, 0.05) is 10.9 Å². The van der Waals surface area contributed by atoms with Crippen molar-refractivity contribution in [2.45, 2.75) is 20.3 Å². The second-order valence-corrected chi connectivity index (χ2v) is 8.57. The summed E-state index contributed by atoms with van der Waals surface area (Å²) in [5.74, 6) is 0.365. The van der Waals surface area contributed by atoms with Gasteiger partial charge >= 0.3 is 0 Å². The van der Waals surface area contributed by atoms with Crippen LogP contribution in [0.2, 0.25) is 0 Å². The molecule has 2 rings (SSSR count). The third-order valence-corrected chi connectivity index (χ3v) is 6.26. The molecule has 0 saturated carbocycles. The molecule has 1 amide bonds. The normalized spacial score (nSPS) is 11.0. The van der Waals surface area contributed by atoms with E-state index in [9.17, 15) is 4.79 Å². The first kappa shape index (κ1) is 15.1. The van der Waals surface area contributed by atoms with Crippen LogP contribution in [0.5, 0.6) is 0 Å². The van der Waals surface area contributed by atoms with Crippen LogP contribution >= 0.6 is 54.5 Å². The number of amides is 1. The summed E-state index contributed by atoms with van der Waals surface area (Å²) in [5.41, 5.74) is 0. The number of hydrogen-bond donors (Lipinski definition) is 1. The Morgan fingerprint density at radius 3 is 2.68 bits per heavy atom. The van der Waals surface area contributed by atoms with Crippen molar-refractivity contribution >= 4 is 65.6 Å². The summed E-state index contributed by atoms with van der Waals surface area (Å²) in [7, 11) is 0. The van der Waals surface area contributed by atoms with Gasteiger partial charge in [-0.1, -0.05) is 25.2 Å². The molecule has 2 aromatic heterocycles. The lowest BCUT2D eigenvalue weighted by molar-refractivity contribution is 0.103. The first-order valence-electron chi connectivity index (χ1n) is 5.54. The lowest BCUT2D eigenvalue weighted by Crippen LogP contribution is -2.09. The maximum absolute atomic E-state index is 12.0. The fourth-order valence-corrected chi connectivity index (χ4v) is 4.23. The number of thiophene rings is 1. The van der Waals surface area contributed by atoms with Gasteiger partial charge in [0.2, 0.25) is 5.13 Å². The third-order valence-electron chi connectivity index (χ3n) is 2.14. The van der Waals surface area contributed by atoms with E-state index >= 15 is 0 Å². The van der Waals surface area contributed by atoms with Crippen molar-refractivity contribution in [3.05, 3.63) is 24.2 Å². The Hall–Kier alpha value is -0.310. The highest BCUT2D eigenvalue weighted by Gasteiger charge is 2.14. The molecule has 0 radical (unpaired) electrons. The van der Waals surface area contributed by atoms with Crippen molar-refractivity contribution in [2.24, 2.45) is 5.92 Å². The topological polar surface area (TPSA) is 54.9 Å². The van der Waals surface area contributed by atoms with Crippen LogP contribution in [0.3, 0.4) is 0 Å². The van der Waals surface area contributed by atoms with Crippen LogP contribution in [0.4, 0.5) is 5.13 Å². The predicted octanol–water partition coefficient (Wildman–Crippen LogP) is 4.58. The molecule has 0 bridgehead atoms. The standard InChI is InChI=1S/C11H11Br2N3OS2/c1-5(2)3-8-15-16-11(19-8)14-10(17)7-4-6(12)9(13)18-7/h4-5H,3H2,1-2H3,(H,14,16,17). The molecule has 8 heteroatoms. The Bertz CT molecular complexity index is 575. The molecule has 0 aromatic carbocycles. The van der Waals surface area contributed by atoms with Crippen LogP contribution in [-0.4, -0.2) is 16.1 Å². The smallest absolute Gasteiger partial charge is 0.267 e. The molecule has 2 aromatic rings. The molecule has 0 aliphatic heterocycles. The Balaban J connectivity index is 2.04. The van der Waals surface area contributed by atoms with Crippen molar-refractivity contribution in [3.8, 4) is 0 Å².